The molecule has 0 spiro atoms. The maximum atomic E-state index is 6.28. The largest absolute Gasteiger partial charge is 0.377 e. The molecule has 1 nitrogen and oxygen atoms in total. The van der Waals surface area contributed by atoms with Gasteiger partial charge in [0.05, 0.1) is 6.10 Å². The summed E-state index contributed by atoms with van der Waals surface area (Å²) in [5.74, 6) is 1.64. The summed E-state index contributed by atoms with van der Waals surface area (Å²) >= 11 is 6.28. The van der Waals surface area contributed by atoms with Crippen LogP contribution in [0.5, 0.6) is 0 Å². The lowest BCUT2D eigenvalue weighted by Crippen LogP contribution is -2.41. The van der Waals surface area contributed by atoms with Crippen LogP contribution in [0.4, 0.5) is 0 Å². The van der Waals surface area contributed by atoms with Crippen LogP contribution in [-0.4, -0.2) is 26.7 Å². The van der Waals surface area contributed by atoms with E-state index in [1.807, 2.05) is 0 Å². The van der Waals surface area contributed by atoms with Gasteiger partial charge < -0.3 is 4.74 Å². The molecule has 2 aliphatic rings. The molecule has 1 saturated carbocycles. The van der Waals surface area contributed by atoms with Crippen LogP contribution in [-0.2, 0) is 4.74 Å². The maximum absolute atomic E-state index is 6.28. The van der Waals surface area contributed by atoms with Crippen molar-refractivity contribution in [1.82, 2.24) is 0 Å². The van der Waals surface area contributed by atoms with Crippen LogP contribution in [0.3, 0.4) is 0 Å². The Morgan fingerprint density at radius 1 is 1.33 bits per heavy atom. The van der Waals surface area contributed by atoms with E-state index >= 15 is 0 Å². The molecule has 0 radical (unpaired) electrons. The molecular formula is C12H23ClOSi. The van der Waals surface area contributed by atoms with Crippen molar-refractivity contribution in [3.05, 3.63) is 0 Å². The predicted octanol–water partition coefficient (Wildman–Crippen LogP) is 3.75. The second-order valence-electron chi connectivity index (χ2n) is 6.61. The van der Waals surface area contributed by atoms with Crippen molar-refractivity contribution in [2.75, 3.05) is 12.5 Å². The lowest BCUT2D eigenvalue weighted by atomic mass is 9.82. The first-order valence-corrected chi connectivity index (χ1v) is 10.4. The Morgan fingerprint density at radius 2 is 2.00 bits per heavy atom. The van der Waals surface area contributed by atoms with Gasteiger partial charge in [-0.3, -0.25) is 0 Å². The fourth-order valence-electron chi connectivity index (χ4n) is 3.18. The van der Waals surface area contributed by atoms with Crippen molar-refractivity contribution in [2.45, 2.75) is 51.1 Å². The summed E-state index contributed by atoms with van der Waals surface area (Å²) in [6, 6.07) is 1.34. The molecule has 1 heterocycles. The molecule has 0 aromatic rings. The minimum atomic E-state index is -1.04. The summed E-state index contributed by atoms with van der Waals surface area (Å²) in [5.41, 5.74) is 0.327. The topological polar surface area (TPSA) is 9.23 Å². The van der Waals surface area contributed by atoms with Crippen LogP contribution < -0.4 is 0 Å². The molecule has 1 saturated heterocycles. The summed E-state index contributed by atoms with van der Waals surface area (Å²) in [6.45, 7) is 8.29. The summed E-state index contributed by atoms with van der Waals surface area (Å²) in [6.07, 6.45) is 4.42. The summed E-state index contributed by atoms with van der Waals surface area (Å²) in [4.78, 5) is 0. The van der Waals surface area contributed by atoms with Crippen molar-refractivity contribution < 1.29 is 4.74 Å². The van der Waals surface area contributed by atoms with Gasteiger partial charge in [-0.05, 0) is 31.2 Å². The fourth-order valence-corrected chi connectivity index (χ4v) is 6.33. The Morgan fingerprint density at radius 3 is 2.47 bits per heavy atom. The highest BCUT2D eigenvalue weighted by Gasteiger charge is 2.51. The van der Waals surface area contributed by atoms with E-state index in [4.69, 9.17) is 16.3 Å². The normalized spacial score (nSPS) is 37.2. The molecule has 15 heavy (non-hydrogen) atoms. The molecule has 3 heteroatoms. The molecule has 88 valence electrons. The first kappa shape index (κ1) is 11.9. The Bertz CT molecular complexity index is 234. The highest BCUT2D eigenvalue weighted by molar-refractivity contribution is 6.76. The van der Waals surface area contributed by atoms with Gasteiger partial charge in [0, 0.05) is 26.0 Å². The second-order valence-corrected chi connectivity index (χ2v) is 12.4. The molecule has 0 aromatic carbocycles. The number of rotatable bonds is 4. The first-order chi connectivity index (χ1) is 6.97. The van der Waals surface area contributed by atoms with E-state index in [9.17, 15) is 0 Å². The van der Waals surface area contributed by atoms with Gasteiger partial charge in [0.15, 0.2) is 0 Å². The Labute approximate surface area is 99.5 Å². The highest BCUT2D eigenvalue weighted by Crippen LogP contribution is 2.51. The van der Waals surface area contributed by atoms with Gasteiger partial charge in [0.1, 0.15) is 0 Å². The van der Waals surface area contributed by atoms with E-state index < -0.39 is 8.07 Å². The first-order valence-electron chi connectivity index (χ1n) is 6.14. The number of halogens is 1. The van der Waals surface area contributed by atoms with Crippen LogP contribution in [0.15, 0.2) is 0 Å². The van der Waals surface area contributed by atoms with Gasteiger partial charge in [0.25, 0.3) is 0 Å². The number of ether oxygens (including phenoxy) is 1. The predicted molar refractivity (Wildman–Crippen MR) is 68.4 cm³/mol. The van der Waals surface area contributed by atoms with Crippen molar-refractivity contribution in [1.29, 1.82) is 0 Å². The third kappa shape index (κ3) is 2.59. The molecule has 1 aliphatic heterocycles. The highest BCUT2D eigenvalue weighted by atomic mass is 35.5. The lowest BCUT2D eigenvalue weighted by Gasteiger charge is -2.37. The van der Waals surface area contributed by atoms with Crippen LogP contribution in [0, 0.1) is 11.3 Å². The molecule has 2 unspecified atom stereocenters. The van der Waals surface area contributed by atoms with Crippen LogP contribution in [0.1, 0.15) is 19.3 Å². The van der Waals surface area contributed by atoms with Crippen molar-refractivity contribution in [3.63, 3.8) is 0 Å². The van der Waals surface area contributed by atoms with Crippen LogP contribution in [0.2, 0.25) is 25.7 Å². The number of hydrogen-bond acceptors (Lipinski definition) is 1. The number of hydrogen-bond donors (Lipinski definition) is 0. The lowest BCUT2D eigenvalue weighted by molar-refractivity contribution is 0.0470. The zero-order valence-electron chi connectivity index (χ0n) is 10.2. The Kier molecular flexibility index (Phi) is 3.22. The van der Waals surface area contributed by atoms with E-state index in [0.717, 1.165) is 18.4 Å². The third-order valence-corrected chi connectivity index (χ3v) is 6.00. The minimum absolute atomic E-state index is 0.327. The average Bonchev–Trinajstić information content (AvgIpc) is 2.87. The monoisotopic (exact) mass is 246 g/mol. The van der Waals surface area contributed by atoms with Gasteiger partial charge in [-0.1, -0.05) is 19.6 Å². The second kappa shape index (κ2) is 4.05. The van der Waals surface area contributed by atoms with Crippen molar-refractivity contribution in [3.8, 4) is 0 Å². The quantitative estimate of drug-likeness (QED) is 0.542. The summed E-state index contributed by atoms with van der Waals surface area (Å²) < 4.78 is 5.97. The van der Waals surface area contributed by atoms with Gasteiger partial charge in [-0.2, -0.15) is 0 Å². The standard InChI is InChI=1S/C12H23ClOSi/c1-15(2,3)9-12(8-13)6-7-14-11(12)10-4-5-10/h10-11H,4-9H2,1-3H3. The maximum Gasteiger partial charge on any atom is 0.0668 e. The van der Waals surface area contributed by atoms with Crippen LogP contribution in [0.25, 0.3) is 0 Å². The van der Waals surface area contributed by atoms with Crippen molar-refractivity contribution >= 4 is 19.7 Å². The van der Waals surface area contributed by atoms with Gasteiger partial charge >= 0.3 is 0 Å². The third-order valence-electron chi connectivity index (χ3n) is 3.70. The number of alkyl halides is 1. The molecular weight excluding hydrogens is 224 g/mol. The molecule has 2 fully saturated rings. The Hall–Kier alpha value is 0.467. The zero-order chi connectivity index (χ0) is 11.1. The fraction of sp³-hybridized carbons (Fsp3) is 1.00. The van der Waals surface area contributed by atoms with Crippen LogP contribution >= 0.6 is 11.6 Å². The van der Waals surface area contributed by atoms with Gasteiger partial charge in [-0.15, -0.1) is 11.6 Å². The molecule has 0 bridgehead atoms. The van der Waals surface area contributed by atoms with Gasteiger partial charge in [-0.25, -0.2) is 0 Å². The van der Waals surface area contributed by atoms with Gasteiger partial charge in [0.2, 0.25) is 0 Å². The smallest absolute Gasteiger partial charge is 0.0668 e. The molecule has 2 atom stereocenters. The van der Waals surface area contributed by atoms with Crippen molar-refractivity contribution in [2.24, 2.45) is 11.3 Å². The van der Waals surface area contributed by atoms with E-state index in [-0.39, 0.29) is 0 Å². The summed E-state index contributed by atoms with van der Waals surface area (Å²) in [7, 11) is -1.04. The molecule has 1 aliphatic carbocycles. The SMILES string of the molecule is C[Si](C)(C)CC1(CCl)CCOC1C1CC1. The minimum Gasteiger partial charge on any atom is -0.377 e. The Balaban J connectivity index is 2.11. The molecule has 0 aromatic heterocycles. The molecule has 2 rings (SSSR count). The van der Waals surface area contributed by atoms with E-state index in [2.05, 4.69) is 19.6 Å². The molecule has 0 N–H and O–H groups in total. The summed E-state index contributed by atoms with van der Waals surface area (Å²) in [5, 5.41) is 0. The zero-order valence-corrected chi connectivity index (χ0v) is 11.9. The van der Waals surface area contributed by atoms with E-state index in [0.29, 0.717) is 11.5 Å². The average molecular weight is 247 g/mol. The van der Waals surface area contributed by atoms with E-state index in [1.54, 1.807) is 0 Å². The van der Waals surface area contributed by atoms with E-state index in [1.165, 1.54) is 25.3 Å². The molecule has 0 amide bonds.